The first-order valence-electron chi connectivity index (χ1n) is 9.45. The van der Waals surface area contributed by atoms with Crippen molar-refractivity contribution in [3.63, 3.8) is 0 Å². The number of aromatic nitrogens is 2. The average Bonchev–Trinajstić information content (AvgIpc) is 2.59. The predicted octanol–water partition coefficient (Wildman–Crippen LogP) is 5.00. The number of unbranched alkanes of at least 4 members (excludes halogenated alkanes) is 2. The van der Waals surface area contributed by atoms with Crippen LogP contribution < -0.4 is 5.32 Å². The topological polar surface area (TPSA) is 64.0 Å². The summed E-state index contributed by atoms with van der Waals surface area (Å²) < 4.78 is 27.3. The molecule has 0 bridgehead atoms. The molecule has 0 atom stereocenters. The van der Waals surface area contributed by atoms with Crippen LogP contribution in [0, 0.1) is 11.6 Å². The van der Waals surface area contributed by atoms with Crippen molar-refractivity contribution in [3.05, 3.63) is 34.5 Å². The summed E-state index contributed by atoms with van der Waals surface area (Å²) in [6.45, 7) is 7.62. The van der Waals surface area contributed by atoms with Crippen LogP contribution in [0.15, 0.2) is 29.2 Å². The molecule has 2 aromatic rings. The minimum absolute atomic E-state index is 0.139. The molecule has 0 aliphatic carbocycles. The molecule has 0 fully saturated rings. The highest BCUT2D eigenvalue weighted by molar-refractivity contribution is 7.91. The summed E-state index contributed by atoms with van der Waals surface area (Å²) in [6.07, 6.45) is 5.17. The second-order valence-electron chi connectivity index (χ2n) is 6.85. The van der Waals surface area contributed by atoms with Crippen LogP contribution in [0.3, 0.4) is 0 Å². The first-order valence-corrected chi connectivity index (χ1v) is 11.7. The molecule has 0 aliphatic rings. The predicted molar refractivity (Wildman–Crippen MR) is 115 cm³/mol. The van der Waals surface area contributed by atoms with Crippen LogP contribution in [-0.2, 0) is 16.4 Å². The molecule has 27 heavy (non-hydrogen) atoms. The molecule has 0 radical (unpaired) electrons. The van der Waals surface area contributed by atoms with Crippen LogP contribution >= 0.6 is 12.2 Å². The van der Waals surface area contributed by atoms with Crippen LogP contribution in [0.1, 0.15) is 45.1 Å². The molecule has 0 amide bonds. The van der Waals surface area contributed by atoms with E-state index in [1.807, 2.05) is 35.8 Å². The van der Waals surface area contributed by atoms with Crippen LogP contribution in [0.25, 0.3) is 11.3 Å². The molecule has 0 saturated heterocycles. The highest BCUT2D eigenvalue weighted by Crippen LogP contribution is 2.29. The van der Waals surface area contributed by atoms with Crippen molar-refractivity contribution < 1.29 is 8.42 Å². The van der Waals surface area contributed by atoms with E-state index in [4.69, 9.17) is 17.2 Å². The van der Waals surface area contributed by atoms with Gasteiger partial charge in [0.2, 0.25) is 5.95 Å². The Hall–Kier alpha value is -1.73. The van der Waals surface area contributed by atoms with Crippen LogP contribution in [-0.4, -0.2) is 30.8 Å². The SMILES string of the molecule is CCCCNc1nc(-c2cccc(C)c2)c(S(C)(=O)=O)c(=S)n1CCCC. The molecule has 5 nitrogen and oxygen atoms in total. The van der Waals surface area contributed by atoms with Crippen molar-refractivity contribution in [3.8, 4) is 11.3 Å². The van der Waals surface area contributed by atoms with E-state index in [-0.39, 0.29) is 4.90 Å². The summed E-state index contributed by atoms with van der Waals surface area (Å²) >= 11 is 5.64. The number of sulfone groups is 1. The van der Waals surface area contributed by atoms with E-state index in [0.29, 0.717) is 22.8 Å². The average molecular weight is 408 g/mol. The number of anilines is 1. The molecule has 0 aliphatic heterocycles. The van der Waals surface area contributed by atoms with E-state index in [0.717, 1.165) is 43.4 Å². The number of hydrogen-bond acceptors (Lipinski definition) is 5. The van der Waals surface area contributed by atoms with Gasteiger partial charge in [0.05, 0.1) is 5.69 Å². The summed E-state index contributed by atoms with van der Waals surface area (Å²) in [5.74, 6) is 0.644. The van der Waals surface area contributed by atoms with Gasteiger partial charge in [-0.25, -0.2) is 13.4 Å². The number of rotatable bonds is 9. The maximum Gasteiger partial charge on any atom is 0.204 e. The van der Waals surface area contributed by atoms with Gasteiger partial charge in [0.25, 0.3) is 0 Å². The molecule has 1 N–H and O–H groups in total. The third kappa shape index (κ3) is 5.39. The first kappa shape index (κ1) is 21.6. The Labute approximate surface area is 167 Å². The van der Waals surface area contributed by atoms with E-state index >= 15 is 0 Å². The Bertz CT molecular complexity index is 950. The summed E-state index contributed by atoms with van der Waals surface area (Å²) in [5.41, 5.74) is 2.24. The third-order valence-corrected chi connectivity index (χ3v) is 6.02. The fraction of sp³-hybridized carbons (Fsp3) is 0.500. The standard InChI is InChI=1S/C20H29N3O2S2/c1-5-7-12-21-20-22-17(16-11-9-10-15(3)14-16)18(27(4,24)25)19(26)23(20)13-8-6-2/h9-11,14H,5-8,12-13H2,1-4H3,(H,21,22). The van der Waals surface area contributed by atoms with Gasteiger partial charge in [-0.15, -0.1) is 0 Å². The molecule has 0 unspecified atom stereocenters. The second-order valence-corrected chi connectivity index (χ2v) is 9.18. The lowest BCUT2D eigenvalue weighted by Crippen LogP contribution is -2.17. The number of nitrogens with zero attached hydrogens (tertiary/aromatic N) is 2. The van der Waals surface area contributed by atoms with Crippen LogP contribution in [0.5, 0.6) is 0 Å². The summed E-state index contributed by atoms with van der Waals surface area (Å²) in [6, 6.07) is 7.70. The quantitative estimate of drug-likeness (QED) is 0.468. The zero-order valence-corrected chi connectivity index (χ0v) is 18.2. The maximum atomic E-state index is 12.6. The Morgan fingerprint density at radius 1 is 1.19 bits per heavy atom. The zero-order chi connectivity index (χ0) is 20.0. The van der Waals surface area contributed by atoms with E-state index in [9.17, 15) is 8.42 Å². The largest absolute Gasteiger partial charge is 0.356 e. The Kier molecular flexibility index (Phi) is 7.56. The number of aryl methyl sites for hydroxylation is 1. The molecule has 2 rings (SSSR count). The van der Waals surface area contributed by atoms with Gasteiger partial charge in [0.1, 0.15) is 9.54 Å². The van der Waals surface area contributed by atoms with Gasteiger partial charge in [0, 0.05) is 24.9 Å². The molecular weight excluding hydrogens is 378 g/mol. The van der Waals surface area contributed by atoms with E-state index in [1.54, 1.807) is 0 Å². The summed E-state index contributed by atoms with van der Waals surface area (Å²) in [5, 5.41) is 3.36. The van der Waals surface area contributed by atoms with E-state index < -0.39 is 9.84 Å². The monoisotopic (exact) mass is 407 g/mol. The minimum atomic E-state index is -3.53. The third-order valence-electron chi connectivity index (χ3n) is 4.34. The van der Waals surface area contributed by atoms with Crippen molar-refractivity contribution in [1.29, 1.82) is 0 Å². The molecule has 0 spiro atoms. The van der Waals surface area contributed by atoms with Crippen LogP contribution in [0.4, 0.5) is 5.95 Å². The van der Waals surface area contributed by atoms with Gasteiger partial charge in [-0.3, -0.25) is 0 Å². The van der Waals surface area contributed by atoms with Gasteiger partial charge in [-0.05, 0) is 25.8 Å². The molecule has 148 valence electrons. The van der Waals surface area contributed by atoms with Crippen molar-refractivity contribution in [2.75, 3.05) is 18.1 Å². The van der Waals surface area contributed by atoms with Crippen molar-refractivity contribution in [1.82, 2.24) is 9.55 Å². The fourth-order valence-electron chi connectivity index (χ4n) is 2.89. The number of benzene rings is 1. The van der Waals surface area contributed by atoms with Gasteiger partial charge in [-0.2, -0.15) is 0 Å². The minimum Gasteiger partial charge on any atom is -0.356 e. The summed E-state index contributed by atoms with van der Waals surface area (Å²) in [4.78, 5) is 4.88. The van der Waals surface area contributed by atoms with Crippen molar-refractivity contribution in [2.24, 2.45) is 0 Å². The smallest absolute Gasteiger partial charge is 0.204 e. The Morgan fingerprint density at radius 2 is 1.89 bits per heavy atom. The number of nitrogens with one attached hydrogen (secondary N) is 1. The highest BCUT2D eigenvalue weighted by atomic mass is 32.2. The Morgan fingerprint density at radius 3 is 2.48 bits per heavy atom. The van der Waals surface area contributed by atoms with Gasteiger partial charge >= 0.3 is 0 Å². The molecular formula is C20H29N3O2S2. The normalized spacial score (nSPS) is 11.6. The Balaban J connectivity index is 2.75. The van der Waals surface area contributed by atoms with Crippen LogP contribution in [0.2, 0.25) is 0 Å². The summed E-state index contributed by atoms with van der Waals surface area (Å²) in [7, 11) is -3.53. The maximum absolute atomic E-state index is 12.6. The first-order chi connectivity index (χ1) is 12.8. The fourth-order valence-corrected chi connectivity index (χ4v) is 4.57. The van der Waals surface area contributed by atoms with Gasteiger partial charge in [-0.1, -0.05) is 62.7 Å². The zero-order valence-electron chi connectivity index (χ0n) is 16.6. The molecule has 0 saturated carbocycles. The lowest BCUT2D eigenvalue weighted by Gasteiger charge is -2.19. The number of hydrogen-bond donors (Lipinski definition) is 1. The van der Waals surface area contributed by atoms with Gasteiger partial charge in [0.15, 0.2) is 9.84 Å². The molecule has 1 heterocycles. The molecule has 1 aromatic carbocycles. The molecule has 1 aromatic heterocycles. The van der Waals surface area contributed by atoms with E-state index in [2.05, 4.69) is 19.2 Å². The lowest BCUT2D eigenvalue weighted by atomic mass is 10.1. The van der Waals surface area contributed by atoms with Gasteiger partial charge < -0.3 is 9.88 Å². The second kappa shape index (κ2) is 9.46. The highest BCUT2D eigenvalue weighted by Gasteiger charge is 2.23. The van der Waals surface area contributed by atoms with Crippen molar-refractivity contribution in [2.45, 2.75) is 57.9 Å². The van der Waals surface area contributed by atoms with Crippen molar-refractivity contribution >= 4 is 28.0 Å². The molecule has 7 heteroatoms. The van der Waals surface area contributed by atoms with E-state index in [1.165, 1.54) is 6.26 Å². The lowest BCUT2D eigenvalue weighted by molar-refractivity contribution is 0.588.